The third-order valence-electron chi connectivity index (χ3n) is 2.33. The molecule has 0 fully saturated rings. The highest BCUT2D eigenvalue weighted by Gasteiger charge is 2.22. The Morgan fingerprint density at radius 3 is 2.27 bits per heavy atom. The second kappa shape index (κ2) is 8.26. The number of ether oxygens (including phenoxy) is 2. The Morgan fingerprint density at radius 2 is 1.80 bits per heavy atom. The smallest absolute Gasteiger partial charge is 0.309 e. The number of carbonyl (C=O) groups is 2. The van der Waals surface area contributed by atoms with Crippen molar-refractivity contribution in [3.63, 3.8) is 0 Å². The van der Waals surface area contributed by atoms with E-state index in [-0.39, 0.29) is 24.3 Å². The van der Waals surface area contributed by atoms with Crippen LogP contribution in [0.25, 0.3) is 0 Å². The van der Waals surface area contributed by atoms with Gasteiger partial charge in [0.05, 0.1) is 26.6 Å². The van der Waals surface area contributed by atoms with Crippen molar-refractivity contribution in [2.24, 2.45) is 5.92 Å². The lowest BCUT2D eigenvalue weighted by Crippen LogP contribution is -2.20. The van der Waals surface area contributed by atoms with Gasteiger partial charge in [0.1, 0.15) is 0 Å². The Hall–Kier alpha value is -1.06. The van der Waals surface area contributed by atoms with Gasteiger partial charge in [-0.2, -0.15) is 0 Å². The third kappa shape index (κ3) is 6.10. The standard InChI is InChI=1S/C11H20O4/c1-4-5-6-7-9(11(13)15-3)8-10(12)14-2/h9H,4-8H2,1-3H3. The summed E-state index contributed by atoms with van der Waals surface area (Å²) in [5.41, 5.74) is 0. The molecule has 0 rings (SSSR count). The SMILES string of the molecule is CCCCCC(CC(=O)OC)C(=O)OC. The molecule has 0 aromatic carbocycles. The fourth-order valence-electron chi connectivity index (χ4n) is 1.40. The van der Waals surface area contributed by atoms with Gasteiger partial charge in [0.2, 0.25) is 0 Å². The van der Waals surface area contributed by atoms with Gasteiger partial charge >= 0.3 is 11.9 Å². The first-order chi connectivity index (χ1) is 7.15. The minimum atomic E-state index is -0.359. The van der Waals surface area contributed by atoms with Crippen LogP contribution in [0.2, 0.25) is 0 Å². The van der Waals surface area contributed by atoms with Gasteiger partial charge in [0.15, 0.2) is 0 Å². The maximum absolute atomic E-state index is 11.3. The van der Waals surface area contributed by atoms with Crippen LogP contribution in [-0.2, 0) is 19.1 Å². The van der Waals surface area contributed by atoms with Crippen molar-refractivity contribution in [1.29, 1.82) is 0 Å². The first-order valence-corrected chi connectivity index (χ1v) is 5.30. The predicted octanol–water partition coefficient (Wildman–Crippen LogP) is 1.92. The van der Waals surface area contributed by atoms with Crippen LogP contribution in [0.4, 0.5) is 0 Å². The first kappa shape index (κ1) is 13.9. The molecule has 0 saturated heterocycles. The second-order valence-electron chi connectivity index (χ2n) is 3.50. The van der Waals surface area contributed by atoms with Crippen LogP contribution in [0, 0.1) is 5.92 Å². The molecule has 15 heavy (non-hydrogen) atoms. The average molecular weight is 216 g/mol. The van der Waals surface area contributed by atoms with Gasteiger partial charge in [0, 0.05) is 0 Å². The van der Waals surface area contributed by atoms with Gasteiger partial charge in [-0.05, 0) is 6.42 Å². The van der Waals surface area contributed by atoms with Crippen molar-refractivity contribution < 1.29 is 19.1 Å². The quantitative estimate of drug-likeness (QED) is 0.482. The molecule has 0 spiro atoms. The van der Waals surface area contributed by atoms with Crippen molar-refractivity contribution in [2.45, 2.75) is 39.0 Å². The van der Waals surface area contributed by atoms with E-state index in [1.54, 1.807) is 0 Å². The van der Waals surface area contributed by atoms with E-state index >= 15 is 0 Å². The number of hydrogen-bond donors (Lipinski definition) is 0. The van der Waals surface area contributed by atoms with E-state index in [2.05, 4.69) is 16.4 Å². The monoisotopic (exact) mass is 216 g/mol. The van der Waals surface area contributed by atoms with Crippen LogP contribution >= 0.6 is 0 Å². The van der Waals surface area contributed by atoms with Crippen LogP contribution in [-0.4, -0.2) is 26.2 Å². The zero-order chi connectivity index (χ0) is 11.7. The molecule has 0 aliphatic carbocycles. The lowest BCUT2D eigenvalue weighted by Gasteiger charge is -2.12. The molecule has 0 amide bonds. The van der Waals surface area contributed by atoms with Crippen LogP contribution in [0.3, 0.4) is 0 Å². The largest absolute Gasteiger partial charge is 0.469 e. The Morgan fingerprint density at radius 1 is 1.13 bits per heavy atom. The molecule has 0 aromatic rings. The molecule has 0 saturated carbocycles. The summed E-state index contributed by atoms with van der Waals surface area (Å²) in [5, 5.41) is 0. The Balaban J connectivity index is 4.06. The zero-order valence-electron chi connectivity index (χ0n) is 9.75. The van der Waals surface area contributed by atoms with Crippen LogP contribution in [0.5, 0.6) is 0 Å². The maximum Gasteiger partial charge on any atom is 0.309 e. The maximum atomic E-state index is 11.3. The fraction of sp³-hybridized carbons (Fsp3) is 0.818. The molecule has 0 aliphatic rings. The minimum Gasteiger partial charge on any atom is -0.469 e. The summed E-state index contributed by atoms with van der Waals surface area (Å²) in [5.74, 6) is -1.03. The summed E-state index contributed by atoms with van der Waals surface area (Å²) < 4.78 is 9.18. The summed E-state index contributed by atoms with van der Waals surface area (Å²) in [6.07, 6.45) is 3.90. The Labute approximate surface area is 90.9 Å². The molecule has 0 aromatic heterocycles. The second-order valence-corrected chi connectivity index (χ2v) is 3.50. The summed E-state index contributed by atoms with van der Waals surface area (Å²) in [6, 6.07) is 0. The molecular weight excluding hydrogens is 196 g/mol. The lowest BCUT2D eigenvalue weighted by atomic mass is 9.98. The number of methoxy groups -OCH3 is 2. The Kier molecular flexibility index (Phi) is 7.68. The molecule has 88 valence electrons. The van der Waals surface area contributed by atoms with E-state index in [0.717, 1.165) is 19.3 Å². The molecule has 0 heterocycles. The number of hydrogen-bond acceptors (Lipinski definition) is 4. The molecule has 4 heteroatoms. The van der Waals surface area contributed by atoms with Gasteiger partial charge in [0.25, 0.3) is 0 Å². The molecule has 0 bridgehead atoms. The van der Waals surface area contributed by atoms with Gasteiger partial charge in [-0.1, -0.05) is 26.2 Å². The summed E-state index contributed by atoms with van der Waals surface area (Å²) >= 11 is 0. The van der Waals surface area contributed by atoms with E-state index in [4.69, 9.17) is 0 Å². The first-order valence-electron chi connectivity index (χ1n) is 5.30. The number of rotatable bonds is 7. The van der Waals surface area contributed by atoms with E-state index in [1.807, 2.05) is 0 Å². The number of carbonyl (C=O) groups excluding carboxylic acids is 2. The Bertz CT molecular complexity index is 201. The van der Waals surface area contributed by atoms with Gasteiger partial charge in [-0.25, -0.2) is 0 Å². The van der Waals surface area contributed by atoms with Gasteiger partial charge < -0.3 is 9.47 Å². The summed E-state index contributed by atoms with van der Waals surface area (Å²) in [6.45, 7) is 2.09. The van der Waals surface area contributed by atoms with Crippen LogP contribution in [0.1, 0.15) is 39.0 Å². The van der Waals surface area contributed by atoms with Crippen LogP contribution < -0.4 is 0 Å². The summed E-state index contributed by atoms with van der Waals surface area (Å²) in [7, 11) is 2.66. The van der Waals surface area contributed by atoms with Gasteiger partial charge in [-0.3, -0.25) is 9.59 Å². The predicted molar refractivity (Wildman–Crippen MR) is 56.3 cm³/mol. The van der Waals surface area contributed by atoms with Crippen molar-refractivity contribution in [3.8, 4) is 0 Å². The number of esters is 2. The molecule has 1 unspecified atom stereocenters. The van der Waals surface area contributed by atoms with E-state index < -0.39 is 0 Å². The molecule has 4 nitrogen and oxygen atoms in total. The van der Waals surface area contributed by atoms with E-state index in [0.29, 0.717) is 6.42 Å². The molecule has 0 radical (unpaired) electrons. The molecule has 0 aliphatic heterocycles. The van der Waals surface area contributed by atoms with Crippen LogP contribution in [0.15, 0.2) is 0 Å². The highest BCUT2D eigenvalue weighted by molar-refractivity contribution is 5.79. The van der Waals surface area contributed by atoms with E-state index in [1.165, 1.54) is 14.2 Å². The fourth-order valence-corrected chi connectivity index (χ4v) is 1.40. The van der Waals surface area contributed by atoms with Crippen molar-refractivity contribution in [2.75, 3.05) is 14.2 Å². The third-order valence-corrected chi connectivity index (χ3v) is 2.33. The normalized spacial score (nSPS) is 11.9. The molecule has 0 N–H and O–H groups in total. The minimum absolute atomic E-state index is 0.118. The van der Waals surface area contributed by atoms with Crippen molar-refractivity contribution in [1.82, 2.24) is 0 Å². The van der Waals surface area contributed by atoms with Crippen molar-refractivity contribution in [3.05, 3.63) is 0 Å². The zero-order valence-corrected chi connectivity index (χ0v) is 9.75. The van der Waals surface area contributed by atoms with Crippen molar-refractivity contribution >= 4 is 11.9 Å². The highest BCUT2D eigenvalue weighted by atomic mass is 16.5. The van der Waals surface area contributed by atoms with Gasteiger partial charge in [-0.15, -0.1) is 0 Å². The number of unbranched alkanes of at least 4 members (excludes halogenated alkanes) is 2. The average Bonchev–Trinajstić information content (AvgIpc) is 2.26. The highest BCUT2D eigenvalue weighted by Crippen LogP contribution is 2.16. The molecular formula is C11H20O4. The lowest BCUT2D eigenvalue weighted by molar-refractivity contribution is -0.152. The topological polar surface area (TPSA) is 52.6 Å². The summed E-state index contributed by atoms with van der Waals surface area (Å²) in [4.78, 5) is 22.4. The molecule has 1 atom stereocenters. The van der Waals surface area contributed by atoms with E-state index in [9.17, 15) is 9.59 Å².